The topological polar surface area (TPSA) is 40.5 Å². The third kappa shape index (κ3) is 6.43. The molecule has 0 heterocycles. The van der Waals surface area contributed by atoms with Gasteiger partial charge in [-0.05, 0) is 88.7 Å². The minimum absolute atomic E-state index is 0.183. The Morgan fingerprint density at radius 1 is 1.17 bits per heavy atom. The first kappa shape index (κ1) is 23.0. The largest absolute Gasteiger partial charge is 0.392 e. The van der Waals surface area contributed by atoms with E-state index >= 15 is 0 Å². The average molecular weight is 409 g/mol. The van der Waals surface area contributed by atoms with E-state index in [1.54, 1.807) is 5.57 Å². The number of benzene rings is 1. The Bertz CT molecular complexity index is 769. The van der Waals surface area contributed by atoms with E-state index in [4.69, 9.17) is 0 Å². The van der Waals surface area contributed by atoms with E-state index in [2.05, 4.69) is 63.3 Å². The van der Waals surface area contributed by atoms with Gasteiger partial charge >= 0.3 is 0 Å². The van der Waals surface area contributed by atoms with Crippen LogP contribution in [0, 0.1) is 24.7 Å². The van der Waals surface area contributed by atoms with Crippen LogP contribution in [0.4, 0.5) is 0 Å². The number of aliphatic hydroxyl groups is 2. The third-order valence-corrected chi connectivity index (χ3v) is 6.99. The summed E-state index contributed by atoms with van der Waals surface area (Å²) in [6.45, 7) is 6.45. The Morgan fingerprint density at radius 3 is 2.73 bits per heavy atom. The summed E-state index contributed by atoms with van der Waals surface area (Å²) in [4.78, 5) is 0. The number of aliphatic hydroxyl groups excluding tert-OH is 2. The van der Waals surface area contributed by atoms with E-state index in [-0.39, 0.29) is 12.0 Å². The molecule has 2 N–H and O–H groups in total. The van der Waals surface area contributed by atoms with Gasteiger partial charge in [-0.25, -0.2) is 0 Å². The molecular weight excluding hydrogens is 368 g/mol. The van der Waals surface area contributed by atoms with Gasteiger partial charge in [-0.2, -0.15) is 0 Å². The Morgan fingerprint density at radius 2 is 1.97 bits per heavy atom. The number of rotatable bonds is 10. The lowest BCUT2D eigenvalue weighted by Gasteiger charge is -2.19. The van der Waals surface area contributed by atoms with Crippen molar-refractivity contribution in [1.29, 1.82) is 0 Å². The Balaban J connectivity index is 1.46. The molecule has 3 rings (SSSR count). The van der Waals surface area contributed by atoms with E-state index in [0.717, 1.165) is 51.4 Å². The Kier molecular flexibility index (Phi) is 8.53. The zero-order chi connectivity index (χ0) is 21.5. The fourth-order valence-electron chi connectivity index (χ4n) is 5.22. The molecular formula is C28H40O2. The number of allylic oxidation sites excluding steroid dienone is 4. The molecule has 5 unspecified atom stereocenters. The van der Waals surface area contributed by atoms with Gasteiger partial charge in [0.15, 0.2) is 0 Å². The van der Waals surface area contributed by atoms with E-state index in [1.807, 2.05) is 6.08 Å². The zero-order valence-corrected chi connectivity index (χ0v) is 19.1. The quantitative estimate of drug-likeness (QED) is 0.351. The summed E-state index contributed by atoms with van der Waals surface area (Å²) in [5, 5.41) is 20.9. The Hall–Kier alpha value is -1.64. The number of fused-ring (bicyclic) bond motifs is 1. The fraction of sp³-hybridized carbons (Fsp3) is 0.571. The maximum atomic E-state index is 10.6. The van der Waals surface area contributed by atoms with Gasteiger partial charge in [0, 0.05) is 5.92 Å². The summed E-state index contributed by atoms with van der Waals surface area (Å²) < 4.78 is 0. The maximum Gasteiger partial charge on any atom is 0.0721 e. The normalized spacial score (nSPS) is 26.6. The molecule has 2 heteroatoms. The van der Waals surface area contributed by atoms with Gasteiger partial charge in [-0.15, -0.1) is 0 Å². The molecule has 0 aromatic heterocycles. The summed E-state index contributed by atoms with van der Waals surface area (Å²) in [7, 11) is 0. The number of unbranched alkanes of at least 4 members (excludes halogenated alkanes) is 2. The van der Waals surface area contributed by atoms with Crippen molar-refractivity contribution in [2.45, 2.75) is 84.3 Å². The zero-order valence-electron chi connectivity index (χ0n) is 19.1. The third-order valence-electron chi connectivity index (χ3n) is 6.99. The molecule has 1 saturated carbocycles. The minimum Gasteiger partial charge on any atom is -0.392 e. The average Bonchev–Trinajstić information content (AvgIpc) is 3.21. The molecule has 0 aliphatic heterocycles. The molecule has 0 amide bonds. The number of hydrogen-bond acceptors (Lipinski definition) is 2. The summed E-state index contributed by atoms with van der Waals surface area (Å²) in [6.07, 6.45) is 16.4. The van der Waals surface area contributed by atoms with Crippen LogP contribution in [0.15, 0.2) is 59.7 Å². The summed E-state index contributed by atoms with van der Waals surface area (Å²) in [5.41, 5.74) is 5.74. The van der Waals surface area contributed by atoms with Crippen molar-refractivity contribution in [3.63, 3.8) is 0 Å². The SMILES string of the molecule is CC(C)=CCCCCC(O)/C=C/C1C(O)CC2C=C(CCc3ccccc3C)CC21. The number of aryl methyl sites for hydroxylation is 2. The van der Waals surface area contributed by atoms with Gasteiger partial charge < -0.3 is 10.2 Å². The number of hydrogen-bond donors (Lipinski definition) is 2. The van der Waals surface area contributed by atoms with Crippen LogP contribution >= 0.6 is 0 Å². The van der Waals surface area contributed by atoms with Crippen LogP contribution in [0.2, 0.25) is 0 Å². The maximum absolute atomic E-state index is 10.6. The van der Waals surface area contributed by atoms with Crippen LogP contribution in [-0.4, -0.2) is 22.4 Å². The molecule has 164 valence electrons. The van der Waals surface area contributed by atoms with Gasteiger partial charge in [0.2, 0.25) is 0 Å². The van der Waals surface area contributed by atoms with E-state index in [0.29, 0.717) is 11.8 Å². The first-order valence-corrected chi connectivity index (χ1v) is 11.9. The molecule has 1 aromatic carbocycles. The van der Waals surface area contributed by atoms with E-state index in [9.17, 15) is 10.2 Å². The van der Waals surface area contributed by atoms with Crippen molar-refractivity contribution >= 4 is 0 Å². The predicted octanol–water partition coefficient (Wildman–Crippen LogP) is 6.31. The second-order valence-corrected chi connectivity index (χ2v) is 9.68. The standard InChI is InChI=1S/C28H40O2/c1-20(2)9-5-4-6-12-25(29)15-16-26-27-18-22(17-24(27)19-28(26)30)13-14-23-11-8-7-10-21(23)3/h7-11,15-17,24-30H,4-6,12-14,18-19H2,1-3H3/b16-15+. The second-order valence-electron chi connectivity index (χ2n) is 9.68. The van der Waals surface area contributed by atoms with Crippen LogP contribution in [0.5, 0.6) is 0 Å². The van der Waals surface area contributed by atoms with Crippen LogP contribution in [-0.2, 0) is 6.42 Å². The lowest BCUT2D eigenvalue weighted by atomic mass is 9.88. The highest BCUT2D eigenvalue weighted by molar-refractivity contribution is 5.28. The highest BCUT2D eigenvalue weighted by Crippen LogP contribution is 2.48. The molecule has 0 spiro atoms. The van der Waals surface area contributed by atoms with Gasteiger partial charge in [0.25, 0.3) is 0 Å². The van der Waals surface area contributed by atoms with Crippen molar-refractivity contribution in [3.05, 3.63) is 70.8 Å². The Labute approximate surface area is 183 Å². The smallest absolute Gasteiger partial charge is 0.0721 e. The first-order chi connectivity index (χ1) is 14.4. The molecule has 0 bridgehead atoms. The second kappa shape index (κ2) is 11.1. The van der Waals surface area contributed by atoms with Crippen LogP contribution in [0.25, 0.3) is 0 Å². The first-order valence-electron chi connectivity index (χ1n) is 11.9. The molecule has 0 radical (unpaired) electrons. The van der Waals surface area contributed by atoms with Crippen molar-refractivity contribution in [1.82, 2.24) is 0 Å². The van der Waals surface area contributed by atoms with Crippen LogP contribution in [0.3, 0.4) is 0 Å². The van der Waals surface area contributed by atoms with Gasteiger partial charge in [-0.3, -0.25) is 0 Å². The molecule has 2 nitrogen and oxygen atoms in total. The van der Waals surface area contributed by atoms with Crippen molar-refractivity contribution in [2.75, 3.05) is 0 Å². The lowest BCUT2D eigenvalue weighted by Crippen LogP contribution is -2.18. The van der Waals surface area contributed by atoms with E-state index < -0.39 is 6.10 Å². The van der Waals surface area contributed by atoms with Crippen molar-refractivity contribution in [3.8, 4) is 0 Å². The molecule has 0 saturated heterocycles. The van der Waals surface area contributed by atoms with Gasteiger partial charge in [-0.1, -0.05) is 66.1 Å². The highest BCUT2D eigenvalue weighted by atomic mass is 16.3. The molecule has 1 fully saturated rings. The van der Waals surface area contributed by atoms with Gasteiger partial charge in [0.1, 0.15) is 0 Å². The molecule has 2 aliphatic carbocycles. The van der Waals surface area contributed by atoms with E-state index in [1.165, 1.54) is 16.7 Å². The fourth-order valence-corrected chi connectivity index (χ4v) is 5.22. The summed E-state index contributed by atoms with van der Waals surface area (Å²) in [6, 6.07) is 8.66. The predicted molar refractivity (Wildman–Crippen MR) is 126 cm³/mol. The monoisotopic (exact) mass is 408 g/mol. The van der Waals surface area contributed by atoms with Crippen LogP contribution in [0.1, 0.15) is 69.9 Å². The summed E-state index contributed by atoms with van der Waals surface area (Å²) in [5.74, 6) is 1.19. The minimum atomic E-state index is -0.391. The molecule has 5 atom stereocenters. The molecule has 1 aromatic rings. The highest BCUT2D eigenvalue weighted by Gasteiger charge is 2.43. The summed E-state index contributed by atoms with van der Waals surface area (Å²) >= 11 is 0. The molecule has 2 aliphatic rings. The van der Waals surface area contributed by atoms with Crippen molar-refractivity contribution in [2.24, 2.45) is 17.8 Å². The van der Waals surface area contributed by atoms with Gasteiger partial charge in [0.05, 0.1) is 12.2 Å². The lowest BCUT2D eigenvalue weighted by molar-refractivity contribution is 0.139. The molecule has 30 heavy (non-hydrogen) atoms. The van der Waals surface area contributed by atoms with Crippen LogP contribution < -0.4 is 0 Å². The van der Waals surface area contributed by atoms with Crippen molar-refractivity contribution < 1.29 is 10.2 Å².